The standard InChI is InChI=1S/C18H24O4S/c1-13(19)16(17(21)22-18(2,3)4)15(20)10-11-23-12-14-8-6-5-7-9-14/h5-9,16H,10-12H2,1-4H3. The van der Waals surface area contributed by atoms with E-state index in [4.69, 9.17) is 4.74 Å². The highest BCUT2D eigenvalue weighted by atomic mass is 32.2. The predicted octanol–water partition coefficient (Wildman–Crippen LogP) is 3.43. The van der Waals surface area contributed by atoms with Crippen molar-refractivity contribution < 1.29 is 19.1 Å². The lowest BCUT2D eigenvalue weighted by Gasteiger charge is -2.22. The Hall–Kier alpha value is -1.62. The fourth-order valence-corrected chi connectivity index (χ4v) is 2.88. The highest BCUT2D eigenvalue weighted by Gasteiger charge is 2.34. The van der Waals surface area contributed by atoms with Crippen LogP contribution in [0.2, 0.25) is 0 Å². The van der Waals surface area contributed by atoms with E-state index in [0.717, 1.165) is 5.75 Å². The van der Waals surface area contributed by atoms with Crippen molar-refractivity contribution in [1.82, 2.24) is 0 Å². The summed E-state index contributed by atoms with van der Waals surface area (Å²) >= 11 is 1.60. The zero-order chi connectivity index (χ0) is 17.5. The minimum atomic E-state index is -1.30. The molecule has 1 aromatic rings. The maximum absolute atomic E-state index is 12.2. The summed E-state index contributed by atoms with van der Waals surface area (Å²) in [6.07, 6.45) is 0.182. The van der Waals surface area contributed by atoms with Crippen LogP contribution in [-0.4, -0.2) is 28.9 Å². The van der Waals surface area contributed by atoms with Gasteiger partial charge in [0.2, 0.25) is 0 Å². The number of hydrogen-bond donors (Lipinski definition) is 0. The van der Waals surface area contributed by atoms with E-state index in [-0.39, 0.29) is 12.2 Å². The first-order chi connectivity index (χ1) is 10.7. The second-order valence-corrected chi connectivity index (χ2v) is 7.44. The van der Waals surface area contributed by atoms with Gasteiger partial charge >= 0.3 is 5.97 Å². The van der Waals surface area contributed by atoms with Crippen LogP contribution in [0.25, 0.3) is 0 Å². The molecule has 0 fully saturated rings. The molecule has 23 heavy (non-hydrogen) atoms. The number of thioether (sulfide) groups is 1. The molecule has 0 bridgehead atoms. The van der Waals surface area contributed by atoms with Crippen LogP contribution in [0, 0.1) is 5.92 Å². The molecule has 0 spiro atoms. The third-order valence-corrected chi connectivity index (χ3v) is 4.01. The number of ether oxygens (including phenoxy) is 1. The number of carbonyl (C=O) groups excluding carboxylic acids is 3. The van der Waals surface area contributed by atoms with E-state index in [1.54, 1.807) is 32.5 Å². The monoisotopic (exact) mass is 336 g/mol. The summed E-state index contributed by atoms with van der Waals surface area (Å²) in [7, 11) is 0. The lowest BCUT2D eigenvalue weighted by Crippen LogP contribution is -2.36. The number of benzene rings is 1. The largest absolute Gasteiger partial charge is 0.459 e. The van der Waals surface area contributed by atoms with E-state index >= 15 is 0 Å². The van der Waals surface area contributed by atoms with Crippen LogP contribution in [0.3, 0.4) is 0 Å². The smallest absolute Gasteiger partial charge is 0.324 e. The molecule has 126 valence electrons. The van der Waals surface area contributed by atoms with Gasteiger partial charge < -0.3 is 4.74 Å². The van der Waals surface area contributed by atoms with Gasteiger partial charge in [0, 0.05) is 17.9 Å². The van der Waals surface area contributed by atoms with Gasteiger partial charge in [0.15, 0.2) is 17.5 Å². The number of carbonyl (C=O) groups is 3. The van der Waals surface area contributed by atoms with Crippen molar-refractivity contribution in [2.75, 3.05) is 5.75 Å². The Bertz CT molecular complexity index is 546. The Labute approximate surface area is 142 Å². The summed E-state index contributed by atoms with van der Waals surface area (Å²) in [5, 5.41) is 0. The average Bonchev–Trinajstić information content (AvgIpc) is 2.42. The van der Waals surface area contributed by atoms with Gasteiger partial charge in [-0.05, 0) is 33.3 Å². The van der Waals surface area contributed by atoms with Crippen LogP contribution >= 0.6 is 11.8 Å². The van der Waals surface area contributed by atoms with Crippen molar-refractivity contribution in [3.8, 4) is 0 Å². The van der Waals surface area contributed by atoms with Crippen molar-refractivity contribution in [2.45, 2.75) is 45.5 Å². The zero-order valence-electron chi connectivity index (χ0n) is 14.1. The lowest BCUT2D eigenvalue weighted by atomic mass is 9.98. The Balaban J connectivity index is 2.49. The normalized spacial score (nSPS) is 12.5. The van der Waals surface area contributed by atoms with Gasteiger partial charge in [-0.1, -0.05) is 30.3 Å². The second-order valence-electron chi connectivity index (χ2n) is 6.33. The quantitative estimate of drug-likeness (QED) is 0.413. The summed E-state index contributed by atoms with van der Waals surface area (Å²) in [5.41, 5.74) is 0.466. The lowest BCUT2D eigenvalue weighted by molar-refractivity contribution is -0.163. The van der Waals surface area contributed by atoms with Crippen LogP contribution in [0.4, 0.5) is 0 Å². The Kier molecular flexibility index (Phi) is 7.49. The molecular formula is C18H24O4S. The molecule has 0 heterocycles. The first-order valence-electron chi connectivity index (χ1n) is 7.58. The van der Waals surface area contributed by atoms with E-state index in [1.807, 2.05) is 30.3 Å². The highest BCUT2D eigenvalue weighted by molar-refractivity contribution is 7.98. The summed E-state index contributed by atoms with van der Waals surface area (Å²) in [4.78, 5) is 35.9. The summed E-state index contributed by atoms with van der Waals surface area (Å²) in [6, 6.07) is 9.93. The van der Waals surface area contributed by atoms with Crippen LogP contribution < -0.4 is 0 Å². The molecule has 1 rings (SSSR count). The number of Topliss-reactive ketones (excluding diaryl/α,β-unsaturated/α-hetero) is 2. The molecule has 0 aliphatic rings. The molecule has 4 nitrogen and oxygen atoms in total. The maximum Gasteiger partial charge on any atom is 0.324 e. The number of rotatable bonds is 8. The molecule has 0 saturated heterocycles. The van der Waals surface area contributed by atoms with Gasteiger partial charge in [0.05, 0.1) is 0 Å². The number of hydrogen-bond acceptors (Lipinski definition) is 5. The van der Waals surface area contributed by atoms with Crippen molar-refractivity contribution in [2.24, 2.45) is 5.92 Å². The fourth-order valence-electron chi connectivity index (χ4n) is 1.97. The van der Waals surface area contributed by atoms with E-state index in [0.29, 0.717) is 5.75 Å². The van der Waals surface area contributed by atoms with Crippen LogP contribution in [0.1, 0.15) is 39.7 Å². The number of esters is 1. The van der Waals surface area contributed by atoms with Gasteiger partial charge in [-0.15, -0.1) is 0 Å². The van der Waals surface area contributed by atoms with E-state index < -0.39 is 23.3 Å². The molecule has 5 heteroatoms. The van der Waals surface area contributed by atoms with Crippen molar-refractivity contribution in [3.05, 3.63) is 35.9 Å². The van der Waals surface area contributed by atoms with Gasteiger partial charge in [-0.25, -0.2) is 0 Å². The molecule has 1 atom stereocenters. The molecular weight excluding hydrogens is 312 g/mol. The van der Waals surface area contributed by atoms with Crippen LogP contribution in [-0.2, 0) is 24.9 Å². The Morgan fingerprint density at radius 1 is 1.13 bits per heavy atom. The van der Waals surface area contributed by atoms with Crippen LogP contribution in [0.15, 0.2) is 30.3 Å². The third kappa shape index (κ3) is 7.46. The van der Waals surface area contributed by atoms with Gasteiger partial charge in [0.1, 0.15) is 5.60 Å². The SMILES string of the molecule is CC(=O)C(C(=O)CCSCc1ccccc1)C(=O)OC(C)(C)C. The second kappa shape index (κ2) is 8.87. The van der Waals surface area contributed by atoms with Crippen LogP contribution in [0.5, 0.6) is 0 Å². The summed E-state index contributed by atoms with van der Waals surface area (Å²) in [6.45, 7) is 6.39. The number of ketones is 2. The van der Waals surface area contributed by atoms with Crippen molar-refractivity contribution in [1.29, 1.82) is 0 Å². The minimum absolute atomic E-state index is 0.182. The van der Waals surface area contributed by atoms with E-state index in [1.165, 1.54) is 12.5 Å². The summed E-state index contributed by atoms with van der Waals surface area (Å²) < 4.78 is 5.17. The summed E-state index contributed by atoms with van der Waals surface area (Å²) in [5.74, 6) is -1.51. The predicted molar refractivity (Wildman–Crippen MR) is 92.2 cm³/mol. The topological polar surface area (TPSA) is 60.4 Å². The highest BCUT2D eigenvalue weighted by Crippen LogP contribution is 2.17. The molecule has 0 N–H and O–H groups in total. The Morgan fingerprint density at radius 2 is 1.74 bits per heavy atom. The maximum atomic E-state index is 12.2. The molecule has 0 aliphatic carbocycles. The first-order valence-corrected chi connectivity index (χ1v) is 8.74. The molecule has 1 unspecified atom stereocenters. The van der Waals surface area contributed by atoms with Gasteiger partial charge in [-0.3, -0.25) is 14.4 Å². The molecule has 0 radical (unpaired) electrons. The zero-order valence-corrected chi connectivity index (χ0v) is 14.9. The van der Waals surface area contributed by atoms with Gasteiger partial charge in [-0.2, -0.15) is 11.8 Å². The molecule has 0 saturated carbocycles. The van der Waals surface area contributed by atoms with E-state index in [9.17, 15) is 14.4 Å². The third-order valence-electron chi connectivity index (χ3n) is 2.98. The molecule has 0 aromatic heterocycles. The van der Waals surface area contributed by atoms with Crippen molar-refractivity contribution in [3.63, 3.8) is 0 Å². The molecule has 0 aliphatic heterocycles. The van der Waals surface area contributed by atoms with E-state index in [2.05, 4.69) is 0 Å². The fraction of sp³-hybridized carbons (Fsp3) is 0.500. The average molecular weight is 336 g/mol. The molecule has 1 aromatic carbocycles. The van der Waals surface area contributed by atoms with Gasteiger partial charge in [0.25, 0.3) is 0 Å². The van der Waals surface area contributed by atoms with Crippen molar-refractivity contribution >= 4 is 29.3 Å². The Morgan fingerprint density at radius 3 is 2.26 bits per heavy atom. The molecule has 0 amide bonds. The first kappa shape index (κ1) is 19.4. The minimum Gasteiger partial charge on any atom is -0.459 e.